The minimum Gasteiger partial charge on any atom is -0.504 e. The minimum atomic E-state index is -1.47. The number of piperazine rings is 1. The summed E-state index contributed by atoms with van der Waals surface area (Å²) in [7, 11) is 3.49. The average molecular weight is 827 g/mol. The molecular weight excluding hydrogens is 781 g/mol. The Kier molecular flexibility index (Phi) is 8.92. The summed E-state index contributed by atoms with van der Waals surface area (Å²) in [6.45, 7) is 6.16. The van der Waals surface area contributed by atoms with Gasteiger partial charge in [-0.3, -0.25) is 24.7 Å². The van der Waals surface area contributed by atoms with E-state index in [-0.39, 0.29) is 31.5 Å². The Morgan fingerprint density at radius 1 is 1.03 bits per heavy atom. The number of esters is 3. The van der Waals surface area contributed by atoms with Crippen molar-refractivity contribution in [2.24, 2.45) is 0 Å². The van der Waals surface area contributed by atoms with Crippen LogP contribution in [0.15, 0.2) is 30.3 Å². The van der Waals surface area contributed by atoms with E-state index in [0.29, 0.717) is 63.8 Å². The van der Waals surface area contributed by atoms with Crippen LogP contribution in [0.4, 0.5) is 0 Å². The molecule has 7 aliphatic heterocycles. The normalized spacial score (nSPS) is 29.3. The highest BCUT2D eigenvalue weighted by atomic mass is 32.2. The smallest absolute Gasteiger partial charge is 0.333 e. The highest BCUT2D eigenvalue weighted by molar-refractivity contribution is 7.99. The zero-order valence-corrected chi connectivity index (χ0v) is 34.4. The molecule has 4 N–H and O–H groups in total. The second kappa shape index (κ2) is 13.8. The van der Waals surface area contributed by atoms with Crippen molar-refractivity contribution in [3.63, 3.8) is 0 Å². The van der Waals surface area contributed by atoms with Gasteiger partial charge in [0.05, 0.1) is 36.2 Å². The van der Waals surface area contributed by atoms with Crippen molar-refractivity contribution in [3.05, 3.63) is 75.0 Å². The van der Waals surface area contributed by atoms with Crippen LogP contribution in [0.1, 0.15) is 75.8 Å². The van der Waals surface area contributed by atoms with Crippen LogP contribution in [-0.2, 0) is 42.2 Å². The molecule has 1 unspecified atom stereocenters. The summed E-state index contributed by atoms with van der Waals surface area (Å²) in [4.78, 5) is 48.0. The number of para-hydroxylation sites is 1. The maximum Gasteiger partial charge on any atom is 0.333 e. The number of nitrogens with one attached hydrogen (secondary N) is 2. The van der Waals surface area contributed by atoms with Crippen molar-refractivity contribution in [1.82, 2.24) is 20.1 Å². The van der Waals surface area contributed by atoms with Gasteiger partial charge in [0.2, 0.25) is 6.79 Å². The number of nitrogens with zero attached hydrogens (tertiary/aromatic N) is 2. The number of phenolic OH excluding ortho intramolecular Hbond substituents is 1. The van der Waals surface area contributed by atoms with Crippen LogP contribution in [-0.4, -0.2) is 107 Å². The number of hydrogen-bond acceptors (Lipinski definition) is 15. The van der Waals surface area contributed by atoms with Crippen molar-refractivity contribution >= 4 is 40.6 Å². The number of likely N-dealkylation sites (N-methyl/N-ethyl adjacent to an activating group) is 1. The maximum atomic E-state index is 15.1. The number of aromatic amines is 1. The summed E-state index contributed by atoms with van der Waals surface area (Å²) < 4.78 is 36.3. The van der Waals surface area contributed by atoms with Gasteiger partial charge >= 0.3 is 17.9 Å². The van der Waals surface area contributed by atoms with Gasteiger partial charge in [0.25, 0.3) is 0 Å². The molecule has 16 heteroatoms. The van der Waals surface area contributed by atoms with Gasteiger partial charge in [-0.2, -0.15) is 0 Å². The van der Waals surface area contributed by atoms with Crippen LogP contribution in [0.5, 0.6) is 28.7 Å². The van der Waals surface area contributed by atoms with Crippen molar-refractivity contribution < 1.29 is 53.0 Å². The first-order chi connectivity index (χ1) is 28.3. The van der Waals surface area contributed by atoms with Crippen LogP contribution >= 0.6 is 11.8 Å². The summed E-state index contributed by atoms with van der Waals surface area (Å²) >= 11 is 1.46. The van der Waals surface area contributed by atoms with E-state index in [9.17, 15) is 19.8 Å². The van der Waals surface area contributed by atoms with E-state index in [1.165, 1.54) is 32.7 Å². The molecule has 0 saturated carbocycles. The van der Waals surface area contributed by atoms with E-state index < -0.39 is 65.1 Å². The van der Waals surface area contributed by atoms with E-state index in [2.05, 4.69) is 15.2 Å². The Balaban J connectivity index is 1.23. The number of phenols is 1. The number of aryl methyl sites for hydroxylation is 1. The molecule has 7 aliphatic rings. The van der Waals surface area contributed by atoms with E-state index in [4.69, 9.17) is 28.4 Å². The fourth-order valence-corrected chi connectivity index (χ4v) is 12.5. The molecule has 8 atom stereocenters. The Bertz CT molecular complexity index is 2470. The number of rotatable bonds is 4. The topological polar surface area (TPSA) is 181 Å². The average Bonchev–Trinajstić information content (AvgIpc) is 3.85. The molecule has 4 bridgehead atoms. The van der Waals surface area contributed by atoms with E-state index in [1.54, 1.807) is 0 Å². The molecule has 11 rings (SSSR count). The third-order valence-electron chi connectivity index (χ3n) is 13.2. The number of hydrogen-bond donors (Lipinski definition) is 4. The summed E-state index contributed by atoms with van der Waals surface area (Å²) in [6.07, 6.45) is -0.147. The number of carbonyl (C=O) groups is 3. The fourth-order valence-electron chi connectivity index (χ4n) is 10.9. The van der Waals surface area contributed by atoms with Gasteiger partial charge < -0.3 is 43.6 Å². The van der Waals surface area contributed by atoms with Crippen molar-refractivity contribution in [3.8, 4) is 28.7 Å². The third kappa shape index (κ3) is 5.45. The van der Waals surface area contributed by atoms with Gasteiger partial charge in [0, 0.05) is 64.8 Å². The highest BCUT2D eigenvalue weighted by Gasteiger charge is 2.62. The molecule has 2 saturated heterocycles. The van der Waals surface area contributed by atoms with Crippen LogP contribution in [0.25, 0.3) is 10.9 Å². The molecule has 3 aromatic carbocycles. The van der Waals surface area contributed by atoms with Crippen molar-refractivity contribution in [2.75, 3.05) is 39.9 Å². The number of fused-ring (bicyclic) bond motifs is 11. The molecule has 8 heterocycles. The van der Waals surface area contributed by atoms with Gasteiger partial charge in [-0.1, -0.05) is 24.3 Å². The number of thioether (sulfide) groups is 1. The fraction of sp³-hybridized carbons (Fsp3) is 0.465. The quantitative estimate of drug-likeness (QED) is 0.170. The number of H-pyrrole nitrogens is 1. The largest absolute Gasteiger partial charge is 0.504 e. The van der Waals surface area contributed by atoms with E-state index in [0.717, 1.165) is 27.6 Å². The number of ether oxygens (including phenoxy) is 6. The van der Waals surface area contributed by atoms with Gasteiger partial charge in [-0.15, -0.1) is 11.8 Å². The van der Waals surface area contributed by atoms with Crippen LogP contribution < -0.4 is 24.3 Å². The lowest BCUT2D eigenvalue weighted by atomic mass is 9.73. The molecule has 4 aromatic rings. The molecule has 0 aliphatic carbocycles. The number of aliphatic hydroxyl groups excluding tert-OH is 1. The van der Waals surface area contributed by atoms with Crippen LogP contribution in [0, 0.1) is 13.8 Å². The lowest BCUT2D eigenvalue weighted by molar-refractivity contribution is -0.186. The monoisotopic (exact) mass is 826 g/mol. The van der Waals surface area contributed by atoms with E-state index >= 15 is 4.79 Å². The van der Waals surface area contributed by atoms with Gasteiger partial charge in [-0.25, -0.2) is 4.79 Å². The second-order valence-electron chi connectivity index (χ2n) is 16.4. The Labute approximate surface area is 344 Å². The summed E-state index contributed by atoms with van der Waals surface area (Å²) in [5.41, 5.74) is 5.19. The molecule has 1 spiro atoms. The Morgan fingerprint density at radius 2 is 1.81 bits per heavy atom. The lowest BCUT2D eigenvalue weighted by Gasteiger charge is -2.62. The lowest BCUT2D eigenvalue weighted by Crippen LogP contribution is -2.70. The predicted octanol–water partition coefficient (Wildman–Crippen LogP) is 4.11. The summed E-state index contributed by atoms with van der Waals surface area (Å²) in [5, 5.41) is 28.7. The van der Waals surface area contributed by atoms with Crippen molar-refractivity contribution in [2.45, 2.75) is 87.8 Å². The van der Waals surface area contributed by atoms with Crippen LogP contribution in [0.2, 0.25) is 0 Å². The standard InChI is InChI=1S/C43H46N4O11S/c1-18-11-22-12-27-41(51)47-28-15-55-42(52)43(40-25(13-23(45-43)14-54-20(3)48)24-9-7-8-10-26(24)44-40)16-59-39(33(47)32(46(27)5)29(22)34(50)35(18)53-6)31-30(28)38-37(56-17-57-38)19(2)36(31)58-21(4)49/h7-11,23,27-28,32-33,39,41,44-45,50-51H,12-17H2,1-6H3/t23-,27?,28-,32-,33+,39+,41-,43+/m0/s1. The Hall–Kier alpha value is -5.00. The van der Waals surface area contributed by atoms with E-state index in [1.807, 2.05) is 56.1 Å². The first-order valence-electron chi connectivity index (χ1n) is 19.9. The molecule has 310 valence electrons. The molecule has 15 nitrogen and oxygen atoms in total. The maximum absolute atomic E-state index is 15.1. The van der Waals surface area contributed by atoms with Crippen molar-refractivity contribution in [1.29, 1.82) is 0 Å². The predicted molar refractivity (Wildman–Crippen MR) is 214 cm³/mol. The number of aromatic nitrogens is 1. The zero-order valence-electron chi connectivity index (χ0n) is 33.5. The Morgan fingerprint density at radius 3 is 2.58 bits per heavy atom. The summed E-state index contributed by atoms with van der Waals surface area (Å²) in [6, 6.07) is 7.10. The molecular formula is C43H46N4O11S. The number of aromatic hydroxyl groups is 1. The van der Waals surface area contributed by atoms with Gasteiger partial charge in [-0.05, 0) is 56.5 Å². The number of carbonyl (C=O) groups excluding carboxylic acids is 3. The number of aliphatic hydroxyl groups is 1. The SMILES string of the molecule is COc1c(C)cc2c(c1O)[C@H]1[C@@H]3[C@@H]4SC[C@]5(N[C@H](COC(C)=O)Cc6c5[nH]c5ccccc65)C(=O)OC[C@@H](c5c6c(c(C)c(OC(C)=O)c54)OCO6)N3[C@@H](O)C(C2)N1C. The molecule has 1 aromatic heterocycles. The van der Waals surface area contributed by atoms with Gasteiger partial charge in [0.1, 0.15) is 25.2 Å². The van der Waals surface area contributed by atoms with Gasteiger partial charge in [0.15, 0.2) is 28.5 Å². The second-order valence-corrected chi connectivity index (χ2v) is 17.6. The highest BCUT2D eigenvalue weighted by Crippen LogP contribution is 2.64. The first-order valence-corrected chi connectivity index (χ1v) is 20.9. The molecule has 0 amide bonds. The molecule has 2 fully saturated rings. The number of benzene rings is 3. The number of methoxy groups -OCH3 is 1. The summed E-state index contributed by atoms with van der Waals surface area (Å²) in [5.74, 6) is 0.179. The third-order valence-corrected chi connectivity index (χ3v) is 14.7. The first kappa shape index (κ1) is 38.2. The van der Waals surface area contributed by atoms with Crippen LogP contribution in [0.3, 0.4) is 0 Å². The zero-order chi connectivity index (χ0) is 41.2. The minimum absolute atomic E-state index is 0.0241. The molecule has 59 heavy (non-hydrogen) atoms. The molecule has 0 radical (unpaired) electrons.